The number of hydrogen-bond donors (Lipinski definition) is 9. The van der Waals surface area contributed by atoms with Crippen LogP contribution in [0.1, 0.15) is 25.7 Å². The highest BCUT2D eigenvalue weighted by Crippen LogP contribution is 2.02. The zero-order chi connectivity index (χ0) is 25.9. The molecule has 4 amide bonds. The number of aliphatic carboxylic acids is 4. The molecule has 0 radical (unpaired) electrons. The summed E-state index contributed by atoms with van der Waals surface area (Å²) in [6.07, 6.45) is -3.83. The molecule has 33 heavy (non-hydrogen) atoms. The largest absolute Gasteiger partial charge is 0.481 e. The van der Waals surface area contributed by atoms with Gasteiger partial charge in [-0.25, -0.2) is 4.79 Å². The number of hydrogen-bond acceptors (Lipinski definition) is 9. The van der Waals surface area contributed by atoms with Gasteiger partial charge in [-0.3, -0.25) is 33.6 Å². The van der Waals surface area contributed by atoms with Gasteiger partial charge in [-0.05, 0) is 0 Å². The molecule has 0 aliphatic heterocycles. The second-order valence-electron chi connectivity index (χ2n) is 6.59. The minimum atomic E-state index is -1.96. The fourth-order valence-corrected chi connectivity index (χ4v) is 2.27. The molecular formula is C16H23N5O12. The van der Waals surface area contributed by atoms with Crippen molar-refractivity contribution in [2.24, 2.45) is 11.5 Å². The number of carbonyl (C=O) groups is 8. The van der Waals surface area contributed by atoms with Crippen LogP contribution >= 0.6 is 0 Å². The van der Waals surface area contributed by atoms with Gasteiger partial charge in [0.2, 0.25) is 23.6 Å². The van der Waals surface area contributed by atoms with E-state index in [0.29, 0.717) is 0 Å². The Morgan fingerprint density at radius 2 is 0.939 bits per heavy atom. The summed E-state index contributed by atoms with van der Waals surface area (Å²) in [7, 11) is 0. The van der Waals surface area contributed by atoms with Gasteiger partial charge in [-0.1, -0.05) is 0 Å². The van der Waals surface area contributed by atoms with Crippen molar-refractivity contribution in [1.29, 1.82) is 0 Å². The van der Waals surface area contributed by atoms with Crippen LogP contribution in [0, 0.1) is 0 Å². The Labute approximate surface area is 184 Å². The van der Waals surface area contributed by atoms with E-state index in [1.54, 1.807) is 5.32 Å². The molecule has 0 rings (SSSR count). The number of nitrogens with two attached hydrogens (primary N) is 2. The van der Waals surface area contributed by atoms with E-state index < -0.39 is 97.4 Å². The van der Waals surface area contributed by atoms with Crippen LogP contribution in [0.5, 0.6) is 0 Å². The Morgan fingerprint density at radius 1 is 0.576 bits per heavy atom. The molecule has 11 N–H and O–H groups in total. The summed E-state index contributed by atoms with van der Waals surface area (Å²) < 4.78 is 0. The van der Waals surface area contributed by atoms with Crippen LogP contribution in [0.15, 0.2) is 0 Å². The summed E-state index contributed by atoms with van der Waals surface area (Å²) in [5.74, 6) is -11.4. The minimum Gasteiger partial charge on any atom is -0.481 e. The van der Waals surface area contributed by atoms with Gasteiger partial charge in [0, 0.05) is 0 Å². The van der Waals surface area contributed by atoms with Crippen molar-refractivity contribution in [2.45, 2.75) is 49.9 Å². The highest BCUT2D eigenvalue weighted by molar-refractivity contribution is 5.98. The molecule has 17 nitrogen and oxygen atoms in total. The molecule has 4 unspecified atom stereocenters. The normalized spacial score (nSPS) is 14.0. The average molecular weight is 477 g/mol. The lowest BCUT2D eigenvalue weighted by atomic mass is 10.1. The summed E-state index contributed by atoms with van der Waals surface area (Å²) in [4.78, 5) is 91.5. The molecule has 0 spiro atoms. The highest BCUT2D eigenvalue weighted by atomic mass is 16.4. The quantitative estimate of drug-likeness (QED) is 0.107. The number of amides is 4. The molecule has 0 aromatic carbocycles. The number of nitrogens with one attached hydrogen (secondary N) is 3. The predicted molar refractivity (Wildman–Crippen MR) is 102 cm³/mol. The van der Waals surface area contributed by atoms with Crippen molar-refractivity contribution in [1.82, 2.24) is 16.0 Å². The average Bonchev–Trinajstić information content (AvgIpc) is 2.64. The van der Waals surface area contributed by atoms with E-state index in [1.807, 2.05) is 10.6 Å². The van der Waals surface area contributed by atoms with Crippen LogP contribution in [0.2, 0.25) is 0 Å². The Kier molecular flexibility index (Phi) is 11.5. The minimum absolute atomic E-state index is 0.832. The molecule has 0 heterocycles. The smallest absolute Gasteiger partial charge is 0.326 e. The molecule has 0 aromatic rings. The molecule has 0 saturated heterocycles. The monoisotopic (exact) mass is 477 g/mol. The van der Waals surface area contributed by atoms with Crippen molar-refractivity contribution in [3.05, 3.63) is 0 Å². The van der Waals surface area contributed by atoms with E-state index in [4.69, 9.17) is 31.9 Å². The summed E-state index contributed by atoms with van der Waals surface area (Å²) in [6, 6.07) is -7.34. The topological polar surface area (TPSA) is 306 Å². The van der Waals surface area contributed by atoms with Crippen LogP contribution in [0.25, 0.3) is 0 Å². The van der Waals surface area contributed by atoms with E-state index in [9.17, 15) is 38.4 Å². The lowest BCUT2D eigenvalue weighted by Gasteiger charge is -2.23. The third-order valence-corrected chi connectivity index (χ3v) is 3.77. The molecular weight excluding hydrogens is 454 g/mol. The second-order valence-corrected chi connectivity index (χ2v) is 6.59. The van der Waals surface area contributed by atoms with Gasteiger partial charge in [0.05, 0.1) is 31.7 Å². The molecule has 0 aliphatic carbocycles. The van der Waals surface area contributed by atoms with Gasteiger partial charge in [-0.2, -0.15) is 0 Å². The molecule has 0 fully saturated rings. The van der Waals surface area contributed by atoms with Crippen molar-refractivity contribution in [3.8, 4) is 0 Å². The van der Waals surface area contributed by atoms with Crippen LogP contribution < -0.4 is 27.4 Å². The molecule has 0 saturated carbocycles. The zero-order valence-electron chi connectivity index (χ0n) is 16.8. The third kappa shape index (κ3) is 11.6. The van der Waals surface area contributed by atoms with Gasteiger partial charge in [0.1, 0.15) is 18.1 Å². The molecule has 0 bridgehead atoms. The number of primary amides is 1. The van der Waals surface area contributed by atoms with E-state index >= 15 is 0 Å². The molecule has 184 valence electrons. The Morgan fingerprint density at radius 3 is 1.33 bits per heavy atom. The van der Waals surface area contributed by atoms with Gasteiger partial charge >= 0.3 is 23.9 Å². The van der Waals surface area contributed by atoms with Crippen LogP contribution in [0.4, 0.5) is 0 Å². The number of carbonyl (C=O) groups excluding carboxylic acids is 4. The van der Waals surface area contributed by atoms with Gasteiger partial charge in [-0.15, -0.1) is 0 Å². The molecule has 0 aromatic heterocycles. The van der Waals surface area contributed by atoms with Crippen LogP contribution in [0.3, 0.4) is 0 Å². The summed E-state index contributed by atoms with van der Waals surface area (Å²) in [6.45, 7) is 0. The maximum atomic E-state index is 12.5. The van der Waals surface area contributed by atoms with E-state index in [-0.39, 0.29) is 0 Å². The summed E-state index contributed by atoms with van der Waals surface area (Å²) in [5.41, 5.74) is 10.3. The SMILES string of the molecule is NC(=O)CC(NC(=O)C(N)CC(=O)O)C(=O)NC(CC(=O)O)C(=O)NC(CC(=O)O)C(=O)O. The number of rotatable bonds is 15. The Balaban J connectivity index is 5.58. The molecule has 4 atom stereocenters. The van der Waals surface area contributed by atoms with Gasteiger partial charge < -0.3 is 47.8 Å². The highest BCUT2D eigenvalue weighted by Gasteiger charge is 2.33. The fraction of sp³-hybridized carbons (Fsp3) is 0.500. The first-order valence-corrected chi connectivity index (χ1v) is 8.97. The maximum Gasteiger partial charge on any atom is 0.326 e. The number of carboxylic acid groups (broad SMARTS) is 4. The summed E-state index contributed by atoms with van der Waals surface area (Å²) in [5, 5.41) is 40.9. The van der Waals surface area contributed by atoms with Gasteiger partial charge in [0.25, 0.3) is 0 Å². The Hall–Kier alpha value is -4.28. The number of carboxylic acids is 4. The van der Waals surface area contributed by atoms with Crippen LogP contribution in [-0.4, -0.2) is 92.1 Å². The lowest BCUT2D eigenvalue weighted by molar-refractivity contribution is -0.148. The first-order valence-electron chi connectivity index (χ1n) is 8.97. The zero-order valence-corrected chi connectivity index (χ0v) is 16.8. The van der Waals surface area contributed by atoms with Gasteiger partial charge in [0.15, 0.2) is 0 Å². The van der Waals surface area contributed by atoms with Crippen LogP contribution in [-0.2, 0) is 38.4 Å². The summed E-state index contributed by atoms with van der Waals surface area (Å²) >= 11 is 0. The molecule has 0 aliphatic rings. The lowest BCUT2D eigenvalue weighted by Crippen LogP contribution is -2.58. The van der Waals surface area contributed by atoms with E-state index in [2.05, 4.69) is 0 Å². The van der Waals surface area contributed by atoms with Crippen molar-refractivity contribution in [3.63, 3.8) is 0 Å². The second kappa shape index (κ2) is 13.2. The Bertz CT molecular complexity index is 829. The standard InChI is InChI=1S/C16H23N5O12/c17-5(1-10(23)24)13(29)19-6(2-9(18)22)14(30)20-7(3-11(25)26)15(31)21-8(16(32)33)4-12(27)28/h5-8H,1-4,17H2,(H2,18,22)(H,19,29)(H,20,30)(H,21,31)(H,23,24)(H,25,26)(H,27,28)(H,32,33). The first kappa shape index (κ1) is 28.7. The fourth-order valence-electron chi connectivity index (χ4n) is 2.27. The maximum absolute atomic E-state index is 12.5. The third-order valence-electron chi connectivity index (χ3n) is 3.77. The molecule has 17 heteroatoms. The van der Waals surface area contributed by atoms with E-state index in [0.717, 1.165) is 0 Å². The van der Waals surface area contributed by atoms with Crippen molar-refractivity contribution < 1.29 is 58.8 Å². The predicted octanol–water partition coefficient (Wildman–Crippen LogP) is -4.85. The first-order chi connectivity index (χ1) is 15.1. The van der Waals surface area contributed by atoms with E-state index in [1.165, 1.54) is 0 Å². The van der Waals surface area contributed by atoms with Crippen molar-refractivity contribution in [2.75, 3.05) is 0 Å². The van der Waals surface area contributed by atoms with Crippen molar-refractivity contribution >= 4 is 47.5 Å².